The van der Waals surface area contributed by atoms with Crippen molar-refractivity contribution in [1.82, 2.24) is 5.32 Å². The summed E-state index contributed by atoms with van der Waals surface area (Å²) in [6.07, 6.45) is 0.676. The fourth-order valence-corrected chi connectivity index (χ4v) is 5.25. The zero-order chi connectivity index (χ0) is 25.0. The normalized spacial score (nSPS) is 12.3. The van der Waals surface area contributed by atoms with E-state index < -0.39 is 15.9 Å². The number of halogens is 1. The molecule has 7 heteroatoms. The molecule has 5 nitrogen and oxygen atoms in total. The summed E-state index contributed by atoms with van der Waals surface area (Å²) in [5, 5.41) is 3.44. The van der Waals surface area contributed by atoms with Crippen molar-refractivity contribution < 1.29 is 13.2 Å². The van der Waals surface area contributed by atoms with Gasteiger partial charge >= 0.3 is 0 Å². The highest BCUT2D eigenvalue weighted by Crippen LogP contribution is 2.28. The van der Waals surface area contributed by atoms with Crippen LogP contribution in [0, 0.1) is 27.7 Å². The number of carbonyl (C=O) groups excluding carboxylic acids is 1. The average molecular weight is 499 g/mol. The highest BCUT2D eigenvalue weighted by Gasteiger charge is 2.28. The molecule has 0 fully saturated rings. The molecule has 1 N–H and O–H groups in total. The summed E-state index contributed by atoms with van der Waals surface area (Å²) in [4.78, 5) is 13.3. The van der Waals surface area contributed by atoms with Crippen molar-refractivity contribution in [2.45, 2.75) is 52.0 Å². The molecule has 1 amide bonds. The first-order chi connectivity index (χ1) is 16.0. The van der Waals surface area contributed by atoms with E-state index >= 15 is 0 Å². The second-order valence-electron chi connectivity index (χ2n) is 8.63. The van der Waals surface area contributed by atoms with E-state index in [1.165, 1.54) is 5.56 Å². The topological polar surface area (TPSA) is 66.5 Å². The van der Waals surface area contributed by atoms with E-state index in [1.54, 1.807) is 42.5 Å². The van der Waals surface area contributed by atoms with Gasteiger partial charge in [0.15, 0.2) is 0 Å². The number of benzene rings is 3. The number of sulfonamides is 1. The number of rotatable bonds is 8. The van der Waals surface area contributed by atoms with E-state index in [-0.39, 0.29) is 17.5 Å². The lowest BCUT2D eigenvalue weighted by Crippen LogP contribution is -2.42. The van der Waals surface area contributed by atoms with Gasteiger partial charge < -0.3 is 5.32 Å². The lowest BCUT2D eigenvalue weighted by atomic mass is 9.99. The van der Waals surface area contributed by atoms with Crippen LogP contribution in [-0.4, -0.2) is 20.9 Å². The lowest BCUT2D eigenvalue weighted by Gasteiger charge is -2.26. The van der Waals surface area contributed by atoms with Crippen LogP contribution in [0.25, 0.3) is 0 Å². The second-order valence-corrected chi connectivity index (χ2v) is 10.9. The Morgan fingerprint density at radius 1 is 0.912 bits per heavy atom. The molecule has 1 unspecified atom stereocenters. The molecule has 0 aromatic heterocycles. The van der Waals surface area contributed by atoms with Gasteiger partial charge in [-0.05, 0) is 80.6 Å². The minimum atomic E-state index is -4.00. The minimum absolute atomic E-state index is 0.115. The molecule has 0 radical (unpaired) electrons. The van der Waals surface area contributed by atoms with Gasteiger partial charge in [0.1, 0.15) is 6.54 Å². The summed E-state index contributed by atoms with van der Waals surface area (Å²) in [5.74, 6) is -0.391. The smallest absolute Gasteiger partial charge is 0.264 e. The van der Waals surface area contributed by atoms with E-state index in [1.807, 2.05) is 46.8 Å². The average Bonchev–Trinajstić information content (AvgIpc) is 2.80. The van der Waals surface area contributed by atoms with E-state index in [0.717, 1.165) is 26.6 Å². The third-order valence-electron chi connectivity index (χ3n) is 6.02. The van der Waals surface area contributed by atoms with Crippen molar-refractivity contribution in [1.29, 1.82) is 0 Å². The van der Waals surface area contributed by atoms with Crippen molar-refractivity contribution in [3.05, 3.63) is 93.5 Å². The number of hydrogen-bond donors (Lipinski definition) is 1. The molecule has 0 saturated heterocycles. The van der Waals surface area contributed by atoms with Gasteiger partial charge in [-0.15, -0.1) is 0 Å². The minimum Gasteiger partial charge on any atom is -0.348 e. The first kappa shape index (κ1) is 25.8. The van der Waals surface area contributed by atoms with E-state index in [2.05, 4.69) is 11.4 Å². The molecular formula is C27H31ClN2O3S. The number of anilines is 1. The van der Waals surface area contributed by atoms with Gasteiger partial charge in [0.25, 0.3) is 10.0 Å². The van der Waals surface area contributed by atoms with Crippen LogP contribution in [0.15, 0.2) is 65.6 Å². The molecule has 0 aliphatic rings. The summed E-state index contributed by atoms with van der Waals surface area (Å²) >= 11 is 6.30. The second kappa shape index (κ2) is 10.6. The van der Waals surface area contributed by atoms with E-state index in [9.17, 15) is 13.2 Å². The first-order valence-corrected chi connectivity index (χ1v) is 13.1. The summed E-state index contributed by atoms with van der Waals surface area (Å²) in [5.41, 5.74) is 5.42. The molecule has 0 spiro atoms. The van der Waals surface area contributed by atoms with Crippen LogP contribution >= 0.6 is 11.6 Å². The van der Waals surface area contributed by atoms with Gasteiger partial charge in [-0.25, -0.2) is 8.42 Å². The van der Waals surface area contributed by atoms with Crippen LogP contribution in [0.1, 0.15) is 47.2 Å². The van der Waals surface area contributed by atoms with Crippen molar-refractivity contribution in [2.24, 2.45) is 0 Å². The molecule has 3 aromatic carbocycles. The van der Waals surface area contributed by atoms with E-state index in [4.69, 9.17) is 11.6 Å². The zero-order valence-corrected chi connectivity index (χ0v) is 21.8. The van der Waals surface area contributed by atoms with E-state index in [0.29, 0.717) is 17.1 Å². The summed E-state index contributed by atoms with van der Waals surface area (Å²) < 4.78 is 28.3. The molecular weight excluding hydrogens is 468 g/mol. The molecule has 3 aromatic rings. The maximum atomic E-state index is 13.6. The Hall–Kier alpha value is -2.83. The monoisotopic (exact) mass is 498 g/mol. The summed E-state index contributed by atoms with van der Waals surface area (Å²) in [7, 11) is -4.00. The van der Waals surface area contributed by atoms with Gasteiger partial charge in [0.2, 0.25) is 5.91 Å². The quantitative estimate of drug-likeness (QED) is 0.412. The zero-order valence-electron chi connectivity index (χ0n) is 20.2. The van der Waals surface area contributed by atoms with Gasteiger partial charge in [-0.1, -0.05) is 60.5 Å². The summed E-state index contributed by atoms with van der Waals surface area (Å²) in [6.45, 7) is 9.42. The van der Waals surface area contributed by atoms with Crippen LogP contribution < -0.4 is 9.62 Å². The van der Waals surface area contributed by atoms with Crippen molar-refractivity contribution in [2.75, 3.05) is 10.8 Å². The number of hydrogen-bond acceptors (Lipinski definition) is 3. The van der Waals surface area contributed by atoms with Crippen LogP contribution in [0.5, 0.6) is 0 Å². The molecule has 180 valence electrons. The van der Waals surface area contributed by atoms with Crippen molar-refractivity contribution >= 4 is 33.2 Å². The number of carbonyl (C=O) groups is 1. The largest absolute Gasteiger partial charge is 0.348 e. The predicted octanol–water partition coefficient (Wildman–Crippen LogP) is 6.04. The Bertz CT molecular complexity index is 1290. The van der Waals surface area contributed by atoms with Crippen LogP contribution in [0.3, 0.4) is 0 Å². The Morgan fingerprint density at radius 2 is 1.56 bits per heavy atom. The van der Waals surface area contributed by atoms with Crippen LogP contribution in [0.4, 0.5) is 5.69 Å². The SMILES string of the molecule is CCC(NC(=O)CN(c1ccc(C)c(Cl)c1)S(=O)(=O)c1ccc(C)cc1)c1ccc(C)c(C)c1. The molecule has 0 heterocycles. The van der Waals surface area contributed by atoms with Gasteiger partial charge in [0.05, 0.1) is 16.6 Å². The maximum Gasteiger partial charge on any atom is 0.264 e. The molecule has 0 saturated carbocycles. The molecule has 1 atom stereocenters. The maximum absolute atomic E-state index is 13.6. The Morgan fingerprint density at radius 3 is 2.15 bits per heavy atom. The van der Waals surface area contributed by atoms with Crippen molar-refractivity contribution in [3.8, 4) is 0 Å². The third-order valence-corrected chi connectivity index (χ3v) is 8.21. The standard InChI is InChI=1S/C27H31ClN2O3S/c1-6-26(22-11-9-19(3)21(5)15-22)29-27(31)17-30(23-12-10-20(4)25(28)16-23)34(32,33)24-13-7-18(2)8-14-24/h7-16,26H,6,17H2,1-5H3,(H,29,31). The fourth-order valence-electron chi connectivity index (χ4n) is 3.66. The number of nitrogens with one attached hydrogen (secondary N) is 1. The third kappa shape index (κ3) is 5.80. The highest BCUT2D eigenvalue weighted by molar-refractivity contribution is 7.92. The molecule has 0 aliphatic heterocycles. The van der Waals surface area contributed by atoms with Gasteiger partial charge in [-0.2, -0.15) is 0 Å². The Balaban J connectivity index is 1.94. The molecule has 0 bridgehead atoms. The predicted molar refractivity (Wildman–Crippen MR) is 139 cm³/mol. The number of aryl methyl sites for hydroxylation is 4. The van der Waals surface area contributed by atoms with Gasteiger partial charge in [-0.3, -0.25) is 9.10 Å². The van der Waals surface area contributed by atoms with Crippen LogP contribution in [0.2, 0.25) is 5.02 Å². The summed E-state index contributed by atoms with van der Waals surface area (Å²) in [6, 6.07) is 17.4. The number of amides is 1. The number of nitrogens with zero attached hydrogens (tertiary/aromatic N) is 1. The first-order valence-electron chi connectivity index (χ1n) is 11.2. The van der Waals surface area contributed by atoms with Crippen LogP contribution in [-0.2, 0) is 14.8 Å². The Kier molecular flexibility index (Phi) is 8.05. The molecule has 3 rings (SSSR count). The van der Waals surface area contributed by atoms with Gasteiger partial charge in [0, 0.05) is 5.02 Å². The van der Waals surface area contributed by atoms with Crippen molar-refractivity contribution in [3.63, 3.8) is 0 Å². The molecule has 34 heavy (non-hydrogen) atoms. The molecule has 0 aliphatic carbocycles. The highest BCUT2D eigenvalue weighted by atomic mass is 35.5. The fraction of sp³-hybridized carbons (Fsp3) is 0.296. The lowest BCUT2D eigenvalue weighted by molar-refractivity contribution is -0.120. The Labute approximate surface area is 207 Å².